The highest BCUT2D eigenvalue weighted by atomic mass is 16.4. The van der Waals surface area contributed by atoms with Crippen LogP contribution in [0.5, 0.6) is 0 Å². The van der Waals surface area contributed by atoms with Crippen molar-refractivity contribution in [1.29, 1.82) is 5.26 Å². The smallest absolute Gasteiger partial charge is 0.308 e. The first-order chi connectivity index (χ1) is 7.85. The van der Waals surface area contributed by atoms with Gasteiger partial charge in [0, 0.05) is 13.1 Å². The third-order valence-electron chi connectivity index (χ3n) is 3.58. The van der Waals surface area contributed by atoms with E-state index < -0.39 is 5.97 Å². The maximum atomic E-state index is 11.0. The second kappa shape index (κ2) is 5.50. The molecule has 1 fully saturated rings. The zero-order valence-corrected chi connectivity index (χ0v) is 10.9. The van der Waals surface area contributed by atoms with Crippen molar-refractivity contribution in [1.82, 2.24) is 4.90 Å². The Balaban J connectivity index is 2.32. The monoisotopic (exact) mass is 238 g/mol. The van der Waals surface area contributed by atoms with Gasteiger partial charge in [0.15, 0.2) is 0 Å². The van der Waals surface area contributed by atoms with Crippen molar-refractivity contribution in [2.75, 3.05) is 19.6 Å². The van der Waals surface area contributed by atoms with E-state index in [1.807, 2.05) is 20.8 Å². The van der Waals surface area contributed by atoms with Gasteiger partial charge in [-0.25, -0.2) is 0 Å². The molecule has 4 nitrogen and oxygen atoms in total. The van der Waals surface area contributed by atoms with Crippen molar-refractivity contribution < 1.29 is 9.90 Å². The van der Waals surface area contributed by atoms with Crippen molar-refractivity contribution in [3.8, 4) is 6.07 Å². The topological polar surface area (TPSA) is 64.3 Å². The summed E-state index contributed by atoms with van der Waals surface area (Å²) in [5.74, 6) is -0.673. The van der Waals surface area contributed by atoms with Gasteiger partial charge in [-0.15, -0.1) is 0 Å². The lowest BCUT2D eigenvalue weighted by Gasteiger charge is -2.19. The normalized spacial score (nSPS) is 25.8. The van der Waals surface area contributed by atoms with Gasteiger partial charge in [0.2, 0.25) is 0 Å². The molecule has 0 spiro atoms. The Morgan fingerprint density at radius 3 is 2.65 bits per heavy atom. The molecule has 0 aliphatic carbocycles. The summed E-state index contributed by atoms with van der Waals surface area (Å²) in [7, 11) is 0. The molecule has 0 aromatic heterocycles. The molecule has 2 atom stereocenters. The number of nitriles is 1. The third kappa shape index (κ3) is 4.01. The zero-order chi connectivity index (χ0) is 13.1. The second-order valence-electron chi connectivity index (χ2n) is 5.78. The number of aliphatic carboxylic acids is 1. The van der Waals surface area contributed by atoms with Crippen molar-refractivity contribution in [3.05, 3.63) is 0 Å². The predicted molar refractivity (Wildman–Crippen MR) is 65.4 cm³/mol. The van der Waals surface area contributed by atoms with Crippen LogP contribution in [0.1, 0.15) is 33.6 Å². The summed E-state index contributed by atoms with van der Waals surface area (Å²) < 4.78 is 0. The van der Waals surface area contributed by atoms with Crippen LogP contribution in [-0.4, -0.2) is 35.6 Å². The minimum atomic E-state index is -0.683. The summed E-state index contributed by atoms with van der Waals surface area (Å²) in [5.41, 5.74) is -0.266. The highest BCUT2D eigenvalue weighted by molar-refractivity contribution is 5.71. The van der Waals surface area contributed by atoms with E-state index in [0.29, 0.717) is 6.54 Å². The first kappa shape index (κ1) is 14.0. The number of carboxylic acids is 1. The number of hydrogen-bond donors (Lipinski definition) is 1. The lowest BCUT2D eigenvalue weighted by Crippen LogP contribution is -2.25. The first-order valence-electron chi connectivity index (χ1n) is 6.22. The highest BCUT2D eigenvalue weighted by Gasteiger charge is 2.34. The first-order valence-corrected chi connectivity index (χ1v) is 6.22. The van der Waals surface area contributed by atoms with Gasteiger partial charge in [-0.3, -0.25) is 4.79 Å². The summed E-state index contributed by atoms with van der Waals surface area (Å²) >= 11 is 0. The van der Waals surface area contributed by atoms with Crippen molar-refractivity contribution in [2.24, 2.45) is 17.3 Å². The van der Waals surface area contributed by atoms with Crippen LogP contribution in [0.25, 0.3) is 0 Å². The number of nitrogens with zero attached hydrogens (tertiary/aromatic N) is 2. The van der Waals surface area contributed by atoms with Gasteiger partial charge < -0.3 is 10.0 Å². The van der Waals surface area contributed by atoms with E-state index in [-0.39, 0.29) is 17.3 Å². The predicted octanol–water partition coefficient (Wildman–Crippen LogP) is 1.97. The Hall–Kier alpha value is -1.08. The number of carboxylic acid groups (broad SMARTS) is 1. The average molecular weight is 238 g/mol. The van der Waals surface area contributed by atoms with Crippen LogP contribution in [0.4, 0.5) is 0 Å². The highest BCUT2D eigenvalue weighted by Crippen LogP contribution is 2.25. The molecule has 1 N–H and O–H groups in total. The molecule has 0 amide bonds. The van der Waals surface area contributed by atoms with E-state index in [1.165, 1.54) is 0 Å². The van der Waals surface area contributed by atoms with Gasteiger partial charge in [0.1, 0.15) is 0 Å². The molecule has 4 heteroatoms. The molecule has 1 rings (SSSR count). The van der Waals surface area contributed by atoms with Crippen molar-refractivity contribution in [3.63, 3.8) is 0 Å². The van der Waals surface area contributed by atoms with Crippen molar-refractivity contribution in [2.45, 2.75) is 33.6 Å². The number of rotatable bonds is 5. The molecule has 0 aromatic rings. The summed E-state index contributed by atoms with van der Waals surface area (Å²) in [4.78, 5) is 13.2. The van der Waals surface area contributed by atoms with Gasteiger partial charge in [-0.2, -0.15) is 5.26 Å². The van der Waals surface area contributed by atoms with Gasteiger partial charge in [0.25, 0.3) is 0 Å². The lowest BCUT2D eigenvalue weighted by molar-refractivity contribution is -0.142. The Morgan fingerprint density at radius 1 is 1.53 bits per heavy atom. The molecule has 0 bridgehead atoms. The molecular formula is C13H22N2O2. The molecular weight excluding hydrogens is 216 g/mol. The molecule has 0 saturated carbocycles. The van der Waals surface area contributed by atoms with E-state index in [0.717, 1.165) is 25.9 Å². The summed E-state index contributed by atoms with van der Waals surface area (Å²) in [6.45, 7) is 8.31. The lowest BCUT2D eigenvalue weighted by atomic mass is 9.90. The Labute approximate surface area is 103 Å². The third-order valence-corrected chi connectivity index (χ3v) is 3.58. The fraction of sp³-hybridized carbons (Fsp3) is 0.846. The Bertz CT molecular complexity index is 320. The Morgan fingerprint density at radius 2 is 2.18 bits per heavy atom. The Kier molecular flexibility index (Phi) is 4.53. The molecule has 1 saturated heterocycles. The fourth-order valence-electron chi connectivity index (χ4n) is 2.37. The molecule has 17 heavy (non-hydrogen) atoms. The van der Waals surface area contributed by atoms with E-state index in [2.05, 4.69) is 11.0 Å². The van der Waals surface area contributed by atoms with Gasteiger partial charge in [0.05, 0.1) is 17.4 Å². The average Bonchev–Trinajstić information content (AvgIpc) is 2.59. The van der Waals surface area contributed by atoms with Crippen LogP contribution in [0.2, 0.25) is 0 Å². The van der Waals surface area contributed by atoms with Gasteiger partial charge >= 0.3 is 5.97 Å². The van der Waals surface area contributed by atoms with Crippen LogP contribution in [0.3, 0.4) is 0 Å². The SMILES string of the molecule is CC1CN(CCCC(C)(C)C#N)CC1C(=O)O. The second-order valence-corrected chi connectivity index (χ2v) is 5.78. The molecule has 1 heterocycles. The van der Waals surface area contributed by atoms with Crippen LogP contribution in [0, 0.1) is 28.6 Å². The molecule has 0 radical (unpaired) electrons. The van der Waals surface area contributed by atoms with E-state index in [9.17, 15) is 4.79 Å². The molecule has 0 aromatic carbocycles. The minimum Gasteiger partial charge on any atom is -0.481 e. The largest absolute Gasteiger partial charge is 0.481 e. The quantitative estimate of drug-likeness (QED) is 0.795. The van der Waals surface area contributed by atoms with Crippen LogP contribution >= 0.6 is 0 Å². The van der Waals surface area contributed by atoms with Gasteiger partial charge in [-0.05, 0) is 39.2 Å². The van der Waals surface area contributed by atoms with E-state index in [1.54, 1.807) is 0 Å². The number of hydrogen-bond acceptors (Lipinski definition) is 3. The maximum absolute atomic E-state index is 11.0. The fourth-order valence-corrected chi connectivity index (χ4v) is 2.37. The van der Waals surface area contributed by atoms with Crippen LogP contribution in [0.15, 0.2) is 0 Å². The van der Waals surface area contributed by atoms with E-state index >= 15 is 0 Å². The molecule has 1 aliphatic heterocycles. The summed E-state index contributed by atoms with van der Waals surface area (Å²) in [5, 5.41) is 17.9. The minimum absolute atomic E-state index is 0.223. The maximum Gasteiger partial charge on any atom is 0.308 e. The number of likely N-dealkylation sites (tertiary alicyclic amines) is 1. The molecule has 2 unspecified atom stereocenters. The summed E-state index contributed by atoms with van der Waals surface area (Å²) in [6, 6.07) is 2.29. The van der Waals surface area contributed by atoms with Crippen LogP contribution < -0.4 is 0 Å². The van der Waals surface area contributed by atoms with E-state index in [4.69, 9.17) is 10.4 Å². The number of carbonyl (C=O) groups is 1. The van der Waals surface area contributed by atoms with Gasteiger partial charge in [-0.1, -0.05) is 6.92 Å². The van der Waals surface area contributed by atoms with Crippen LogP contribution in [-0.2, 0) is 4.79 Å². The zero-order valence-electron chi connectivity index (χ0n) is 10.9. The molecule has 96 valence electrons. The standard InChI is InChI=1S/C13H22N2O2/c1-10-7-15(8-11(10)12(16)17)6-4-5-13(2,3)9-14/h10-11H,4-8H2,1-3H3,(H,16,17). The summed E-state index contributed by atoms with van der Waals surface area (Å²) in [6.07, 6.45) is 1.83. The van der Waals surface area contributed by atoms with Crippen molar-refractivity contribution >= 4 is 5.97 Å². The molecule has 1 aliphatic rings.